The Hall–Kier alpha value is -3.00. The zero-order valence-corrected chi connectivity index (χ0v) is 18.5. The van der Waals surface area contributed by atoms with Crippen molar-refractivity contribution in [1.29, 1.82) is 0 Å². The average molecular weight is 443 g/mol. The summed E-state index contributed by atoms with van der Waals surface area (Å²) in [5.41, 5.74) is 0.765. The molecule has 4 rings (SSSR count). The SMILES string of the molecule is Cc1cc(CN2C(=O)C(C3=NS(=O)(=O)c4ccccc43)=C(O)[C@@H]2C(C)(C)C)ccc1F. The van der Waals surface area contributed by atoms with Gasteiger partial charge in [0.1, 0.15) is 22.9 Å². The van der Waals surface area contributed by atoms with E-state index in [2.05, 4.69) is 4.40 Å². The fraction of sp³-hybridized carbons (Fsp3) is 0.304. The summed E-state index contributed by atoms with van der Waals surface area (Å²) in [5, 5.41) is 11.1. The predicted molar refractivity (Wildman–Crippen MR) is 115 cm³/mol. The van der Waals surface area contributed by atoms with Crippen LogP contribution in [0.1, 0.15) is 37.5 Å². The normalized spacial score (nSPS) is 20.3. The number of hydrogen-bond acceptors (Lipinski definition) is 4. The monoisotopic (exact) mass is 442 g/mol. The van der Waals surface area contributed by atoms with Crippen molar-refractivity contribution in [2.45, 2.75) is 45.2 Å². The third-order valence-corrected chi connectivity index (χ3v) is 6.90. The van der Waals surface area contributed by atoms with Gasteiger partial charge in [-0.05, 0) is 35.6 Å². The molecule has 0 aromatic heterocycles. The Morgan fingerprint density at radius 3 is 2.48 bits per heavy atom. The van der Waals surface area contributed by atoms with Crippen molar-refractivity contribution in [3.63, 3.8) is 0 Å². The lowest BCUT2D eigenvalue weighted by atomic mass is 9.84. The molecular weight excluding hydrogens is 419 g/mol. The number of fused-ring (bicyclic) bond motifs is 1. The van der Waals surface area contributed by atoms with Crippen LogP contribution in [0.2, 0.25) is 0 Å². The highest BCUT2D eigenvalue weighted by atomic mass is 32.2. The Kier molecular flexibility index (Phi) is 4.81. The van der Waals surface area contributed by atoms with Crippen molar-refractivity contribution >= 4 is 21.6 Å². The van der Waals surface area contributed by atoms with Crippen LogP contribution >= 0.6 is 0 Å². The second kappa shape index (κ2) is 7.02. The molecule has 1 N–H and O–H groups in total. The van der Waals surface area contributed by atoms with Gasteiger partial charge in [-0.3, -0.25) is 4.79 Å². The highest BCUT2D eigenvalue weighted by Gasteiger charge is 2.48. The molecule has 0 radical (unpaired) electrons. The molecule has 0 saturated heterocycles. The molecule has 0 aliphatic carbocycles. The summed E-state index contributed by atoms with van der Waals surface area (Å²) in [5.74, 6) is -1.06. The van der Waals surface area contributed by atoms with Gasteiger partial charge in [-0.15, -0.1) is 0 Å². The summed E-state index contributed by atoms with van der Waals surface area (Å²) >= 11 is 0. The first kappa shape index (κ1) is 21.2. The van der Waals surface area contributed by atoms with Crippen LogP contribution in [0, 0.1) is 18.2 Å². The van der Waals surface area contributed by atoms with Crippen LogP contribution in [0.15, 0.2) is 63.1 Å². The van der Waals surface area contributed by atoms with Gasteiger partial charge in [-0.1, -0.05) is 51.1 Å². The predicted octanol–water partition coefficient (Wildman–Crippen LogP) is 3.89. The summed E-state index contributed by atoms with van der Waals surface area (Å²) in [7, 11) is -3.95. The number of carbonyl (C=O) groups is 1. The van der Waals surface area contributed by atoms with Gasteiger partial charge < -0.3 is 10.0 Å². The van der Waals surface area contributed by atoms with Gasteiger partial charge in [0.05, 0.1) is 10.9 Å². The van der Waals surface area contributed by atoms with Crippen LogP contribution < -0.4 is 0 Å². The second-order valence-corrected chi connectivity index (χ2v) is 10.5. The lowest BCUT2D eigenvalue weighted by molar-refractivity contribution is -0.129. The number of rotatable bonds is 3. The maximum absolute atomic E-state index is 13.7. The number of amides is 1. The van der Waals surface area contributed by atoms with Gasteiger partial charge in [0.25, 0.3) is 15.9 Å². The second-order valence-electron chi connectivity index (χ2n) is 8.96. The molecule has 2 aromatic rings. The molecule has 1 amide bonds. The minimum atomic E-state index is -3.95. The number of carbonyl (C=O) groups excluding carboxylic acids is 1. The molecule has 0 saturated carbocycles. The van der Waals surface area contributed by atoms with Crippen LogP contribution in [0.25, 0.3) is 0 Å². The number of nitrogens with zero attached hydrogens (tertiary/aromatic N) is 2. The minimum absolute atomic E-state index is 0.0121. The van der Waals surface area contributed by atoms with Gasteiger partial charge in [0.15, 0.2) is 0 Å². The molecule has 0 spiro atoms. The van der Waals surface area contributed by atoms with E-state index in [0.29, 0.717) is 16.7 Å². The summed E-state index contributed by atoms with van der Waals surface area (Å²) in [6, 6.07) is 10.1. The van der Waals surface area contributed by atoms with E-state index in [0.717, 1.165) is 0 Å². The van der Waals surface area contributed by atoms with Gasteiger partial charge >= 0.3 is 0 Å². The van der Waals surface area contributed by atoms with E-state index in [1.807, 2.05) is 20.8 Å². The number of sulfonamides is 1. The molecule has 2 aliphatic rings. The largest absolute Gasteiger partial charge is 0.509 e. The third-order valence-electron chi connectivity index (χ3n) is 5.57. The maximum Gasteiger partial charge on any atom is 0.283 e. The fourth-order valence-electron chi connectivity index (χ4n) is 4.21. The van der Waals surface area contributed by atoms with Crippen LogP contribution in [0.3, 0.4) is 0 Å². The van der Waals surface area contributed by atoms with Crippen LogP contribution in [0.4, 0.5) is 4.39 Å². The Morgan fingerprint density at radius 1 is 1.16 bits per heavy atom. The molecule has 0 unspecified atom stereocenters. The summed E-state index contributed by atoms with van der Waals surface area (Å²) in [4.78, 5) is 15.0. The average Bonchev–Trinajstić information content (AvgIpc) is 3.08. The first-order chi connectivity index (χ1) is 14.4. The third kappa shape index (κ3) is 3.44. The Labute approximate surface area is 180 Å². The first-order valence-electron chi connectivity index (χ1n) is 9.85. The van der Waals surface area contributed by atoms with Crippen molar-refractivity contribution in [3.05, 3.63) is 76.3 Å². The van der Waals surface area contributed by atoms with Gasteiger partial charge in [0.2, 0.25) is 0 Å². The van der Waals surface area contributed by atoms with Gasteiger partial charge in [-0.2, -0.15) is 12.8 Å². The molecule has 2 heterocycles. The summed E-state index contributed by atoms with van der Waals surface area (Å²) in [6.07, 6.45) is 0. The Morgan fingerprint density at radius 2 is 1.84 bits per heavy atom. The molecule has 1 atom stereocenters. The van der Waals surface area contributed by atoms with Crippen molar-refractivity contribution in [2.75, 3.05) is 0 Å². The highest BCUT2D eigenvalue weighted by Crippen LogP contribution is 2.40. The fourth-order valence-corrected chi connectivity index (χ4v) is 5.43. The van der Waals surface area contributed by atoms with Crippen LogP contribution in [0.5, 0.6) is 0 Å². The standard InChI is InChI=1S/C23H23FN2O4S/c1-13-11-14(9-10-16(13)24)12-26-21(23(2,3)4)20(27)18(22(26)28)19-15-7-5-6-8-17(15)31(29,30)25-19/h5-11,21,27H,12H2,1-4H3/t21-/m1/s1. The molecule has 0 fully saturated rings. The minimum Gasteiger partial charge on any atom is -0.509 e. The van der Waals surface area contributed by atoms with Crippen molar-refractivity contribution < 1.29 is 22.7 Å². The van der Waals surface area contributed by atoms with E-state index < -0.39 is 27.4 Å². The van der Waals surface area contributed by atoms with E-state index >= 15 is 0 Å². The number of benzene rings is 2. The number of hydrogen-bond donors (Lipinski definition) is 1. The van der Waals surface area contributed by atoms with E-state index in [9.17, 15) is 22.7 Å². The summed E-state index contributed by atoms with van der Waals surface area (Å²) < 4.78 is 42.5. The Bertz CT molecular complexity index is 1270. The van der Waals surface area contributed by atoms with E-state index in [4.69, 9.17) is 0 Å². The molecule has 8 heteroatoms. The van der Waals surface area contributed by atoms with Crippen LogP contribution in [-0.2, 0) is 21.4 Å². The Balaban J connectivity index is 1.82. The quantitative estimate of drug-likeness (QED) is 0.781. The van der Waals surface area contributed by atoms with Crippen molar-refractivity contribution in [1.82, 2.24) is 4.90 Å². The molecule has 31 heavy (non-hydrogen) atoms. The van der Waals surface area contributed by atoms with Crippen molar-refractivity contribution in [2.24, 2.45) is 9.81 Å². The van der Waals surface area contributed by atoms with E-state index in [1.54, 1.807) is 37.3 Å². The van der Waals surface area contributed by atoms with Crippen molar-refractivity contribution in [3.8, 4) is 0 Å². The lowest BCUT2D eigenvalue weighted by Gasteiger charge is -2.35. The highest BCUT2D eigenvalue weighted by molar-refractivity contribution is 7.90. The topological polar surface area (TPSA) is 87.0 Å². The number of aliphatic hydroxyl groups excluding tert-OH is 1. The van der Waals surface area contributed by atoms with E-state index in [-0.39, 0.29) is 34.3 Å². The molecule has 6 nitrogen and oxygen atoms in total. The van der Waals surface area contributed by atoms with Crippen LogP contribution in [-0.4, -0.2) is 36.1 Å². The maximum atomic E-state index is 13.7. The molecule has 0 bridgehead atoms. The molecular formula is C23H23FN2O4S. The first-order valence-corrected chi connectivity index (χ1v) is 11.3. The van der Waals surface area contributed by atoms with E-state index in [1.165, 1.54) is 17.0 Å². The molecule has 162 valence electrons. The zero-order chi connectivity index (χ0) is 22.7. The summed E-state index contributed by atoms with van der Waals surface area (Å²) in [6.45, 7) is 7.43. The number of halogens is 1. The number of aliphatic hydroxyl groups is 1. The lowest BCUT2D eigenvalue weighted by Crippen LogP contribution is -2.43. The van der Waals surface area contributed by atoms with Gasteiger partial charge in [0, 0.05) is 12.1 Å². The number of aryl methyl sites for hydroxylation is 1. The molecule has 2 aliphatic heterocycles. The smallest absolute Gasteiger partial charge is 0.283 e. The van der Waals surface area contributed by atoms with Gasteiger partial charge in [-0.25, -0.2) is 4.39 Å². The molecule has 2 aromatic carbocycles. The zero-order valence-electron chi connectivity index (χ0n) is 17.7.